The van der Waals surface area contributed by atoms with Crippen LogP contribution in [0.1, 0.15) is 102 Å². The Morgan fingerprint density at radius 1 is 1.08 bits per heavy atom. The van der Waals surface area contributed by atoms with Crippen LogP contribution < -0.4 is 9.46 Å². The van der Waals surface area contributed by atoms with Gasteiger partial charge < -0.3 is 14.2 Å². The fourth-order valence-corrected chi connectivity index (χ4v) is 8.72. The first-order chi connectivity index (χ1) is 24.2. The van der Waals surface area contributed by atoms with E-state index in [9.17, 15) is 18.0 Å². The lowest BCUT2D eigenvalue weighted by Gasteiger charge is -2.38. The average Bonchev–Trinajstić information content (AvgIpc) is 3.80. The number of ether oxygens (including phenoxy) is 1. The number of amidine groups is 1. The number of aromatic nitrogens is 1. The van der Waals surface area contributed by atoms with Crippen LogP contribution in [0.3, 0.4) is 0 Å². The van der Waals surface area contributed by atoms with Gasteiger partial charge in [0, 0.05) is 35.6 Å². The molecule has 1 spiro atoms. The number of piperidine rings is 1. The Morgan fingerprint density at radius 2 is 1.82 bits per heavy atom. The molecule has 2 aliphatic heterocycles. The number of carbonyl (C=O) groups is 2. The zero-order valence-electron chi connectivity index (χ0n) is 30.8. The van der Waals surface area contributed by atoms with E-state index in [0.29, 0.717) is 54.1 Å². The predicted octanol–water partition coefficient (Wildman–Crippen LogP) is 7.42. The zero-order chi connectivity index (χ0) is 36.6. The molecule has 1 saturated carbocycles. The Kier molecular flexibility index (Phi) is 10.4. The lowest BCUT2D eigenvalue weighted by Crippen LogP contribution is -2.55. The third-order valence-electron chi connectivity index (χ3n) is 10.2. The normalized spacial score (nSPS) is 20.0. The lowest BCUT2D eigenvalue weighted by molar-refractivity contribution is -0.141. The highest BCUT2D eigenvalue weighted by atomic mass is 32.2. The molecule has 274 valence electrons. The van der Waals surface area contributed by atoms with E-state index in [0.717, 1.165) is 56.3 Å². The quantitative estimate of drug-likeness (QED) is 0.218. The first-order valence-electron chi connectivity index (χ1n) is 18.3. The second-order valence-corrected chi connectivity index (χ2v) is 16.9. The van der Waals surface area contributed by atoms with Gasteiger partial charge in [-0.15, -0.1) is 0 Å². The smallest absolute Gasteiger partial charge is 0.263 e. The van der Waals surface area contributed by atoms with Crippen molar-refractivity contribution in [2.75, 3.05) is 17.8 Å². The van der Waals surface area contributed by atoms with Crippen molar-refractivity contribution in [3.63, 3.8) is 0 Å². The molecule has 51 heavy (non-hydrogen) atoms. The average molecular weight is 718 g/mol. The number of amides is 2. The number of benzene rings is 2. The minimum absolute atomic E-state index is 0.0548. The molecular formula is C39H51N5O6S. The summed E-state index contributed by atoms with van der Waals surface area (Å²) in [7, 11) is -4.07. The molecule has 1 aliphatic carbocycles. The topological polar surface area (TPSA) is 134 Å². The number of hydrogen-bond donors (Lipinski definition) is 1. The summed E-state index contributed by atoms with van der Waals surface area (Å²) in [5.74, 6) is 2.10. The Morgan fingerprint density at radius 3 is 2.51 bits per heavy atom. The molecule has 0 unspecified atom stereocenters. The summed E-state index contributed by atoms with van der Waals surface area (Å²) in [5, 5.41) is 3.90. The van der Waals surface area contributed by atoms with Crippen LogP contribution in [0, 0.1) is 19.8 Å². The number of nitrogens with one attached hydrogen (secondary N) is 1. The number of carbonyl (C=O) groups excluding carboxylic acids is 2. The van der Waals surface area contributed by atoms with Gasteiger partial charge >= 0.3 is 0 Å². The Hall–Kier alpha value is -4.19. The van der Waals surface area contributed by atoms with E-state index in [2.05, 4.69) is 16.8 Å². The number of nitrogens with zero attached hydrogens (tertiary/aromatic N) is 4. The van der Waals surface area contributed by atoms with Crippen molar-refractivity contribution in [1.29, 1.82) is 0 Å². The van der Waals surface area contributed by atoms with Gasteiger partial charge in [-0.3, -0.25) is 24.2 Å². The van der Waals surface area contributed by atoms with Crippen molar-refractivity contribution < 1.29 is 27.3 Å². The number of aliphatic imine (C=N–C) groups is 1. The molecule has 0 radical (unpaired) electrons. The van der Waals surface area contributed by atoms with Gasteiger partial charge in [-0.1, -0.05) is 61.7 Å². The number of likely N-dealkylation sites (tertiary alicyclic amines) is 1. The summed E-state index contributed by atoms with van der Waals surface area (Å²) in [5.41, 5.74) is 0.937. The van der Waals surface area contributed by atoms with E-state index >= 15 is 0 Å². The molecule has 3 aromatic rings. The van der Waals surface area contributed by atoms with Crippen molar-refractivity contribution in [2.45, 2.75) is 122 Å². The monoisotopic (exact) mass is 717 g/mol. The molecule has 2 amide bonds. The summed E-state index contributed by atoms with van der Waals surface area (Å²) in [4.78, 5) is 36.8. The fourth-order valence-electron chi connectivity index (χ4n) is 7.44. The van der Waals surface area contributed by atoms with Gasteiger partial charge in [-0.05, 0) is 84.4 Å². The molecule has 2 aromatic carbocycles. The third kappa shape index (κ3) is 7.71. The van der Waals surface area contributed by atoms with Crippen molar-refractivity contribution in [2.24, 2.45) is 10.9 Å². The van der Waals surface area contributed by atoms with Crippen molar-refractivity contribution in [3.05, 3.63) is 59.4 Å². The second-order valence-electron chi connectivity index (χ2n) is 15.3. The van der Waals surface area contributed by atoms with Crippen LogP contribution in [0.5, 0.6) is 5.75 Å². The molecule has 0 bridgehead atoms. The van der Waals surface area contributed by atoms with E-state index in [1.54, 1.807) is 43.0 Å². The van der Waals surface area contributed by atoms with Crippen LogP contribution in [-0.2, 0) is 26.2 Å². The summed E-state index contributed by atoms with van der Waals surface area (Å²) in [6.07, 6.45) is 7.92. The lowest BCUT2D eigenvalue weighted by atomic mass is 9.88. The number of unbranched alkanes of at least 4 members (excludes halogenated alkanes) is 1. The fraction of sp³-hybridized carbons (Fsp3) is 0.538. The van der Waals surface area contributed by atoms with Gasteiger partial charge in [0.05, 0.1) is 18.0 Å². The van der Waals surface area contributed by atoms with Crippen molar-refractivity contribution >= 4 is 33.5 Å². The highest BCUT2D eigenvalue weighted by Gasteiger charge is 2.51. The SMILES string of the molecule is CCCCC1=N[C@]2(CCCN(C(=O)C3CCCC3)C2)C(=O)N1Cc1ccc(-c2ccccc2S(=O)(=O)Nc2noc(C)c2C)c(OC(C)(C)C)c1. The molecular weight excluding hydrogens is 667 g/mol. The molecule has 1 atom stereocenters. The zero-order valence-corrected chi connectivity index (χ0v) is 31.6. The molecule has 3 aliphatic rings. The maximum absolute atomic E-state index is 14.4. The highest BCUT2D eigenvalue weighted by Crippen LogP contribution is 2.40. The first-order valence-corrected chi connectivity index (χ1v) is 19.8. The second kappa shape index (κ2) is 14.4. The van der Waals surface area contributed by atoms with Crippen LogP contribution in [0.4, 0.5) is 5.82 Å². The molecule has 6 rings (SSSR count). The van der Waals surface area contributed by atoms with Gasteiger partial charge in [-0.25, -0.2) is 8.42 Å². The minimum atomic E-state index is -4.07. The van der Waals surface area contributed by atoms with Crippen LogP contribution in [0.2, 0.25) is 0 Å². The van der Waals surface area contributed by atoms with E-state index in [-0.39, 0.29) is 35.0 Å². The number of aryl methyl sites for hydroxylation is 1. The molecule has 2 fully saturated rings. The van der Waals surface area contributed by atoms with E-state index < -0.39 is 21.2 Å². The Labute approximate surface area is 301 Å². The van der Waals surface area contributed by atoms with Gasteiger partial charge in [0.15, 0.2) is 11.4 Å². The first kappa shape index (κ1) is 36.6. The number of anilines is 1. The van der Waals surface area contributed by atoms with Gasteiger partial charge in [0.25, 0.3) is 15.9 Å². The van der Waals surface area contributed by atoms with Crippen LogP contribution in [0.25, 0.3) is 11.1 Å². The largest absolute Gasteiger partial charge is 0.487 e. The summed E-state index contributed by atoms with van der Waals surface area (Å²) >= 11 is 0. The maximum atomic E-state index is 14.4. The maximum Gasteiger partial charge on any atom is 0.263 e. The molecule has 3 heterocycles. The van der Waals surface area contributed by atoms with Gasteiger partial charge in [-0.2, -0.15) is 0 Å². The molecule has 1 aromatic heterocycles. The molecule has 1 N–H and O–H groups in total. The van der Waals surface area contributed by atoms with E-state index in [1.165, 1.54) is 0 Å². The Bertz CT molecular complexity index is 1920. The number of hydrogen-bond acceptors (Lipinski definition) is 8. The van der Waals surface area contributed by atoms with Crippen LogP contribution in [-0.4, -0.2) is 65.3 Å². The summed E-state index contributed by atoms with van der Waals surface area (Å²) in [6.45, 7) is 12.7. The summed E-state index contributed by atoms with van der Waals surface area (Å²) in [6, 6.07) is 12.4. The standard InChI is InChI=1S/C39H51N5O6S/c1-7-8-18-34-40-39(21-13-22-43(25-39)36(45)29-14-9-10-15-29)37(46)44(34)24-28-19-20-30(32(23-28)49-38(4,5)6)31-16-11-12-17-33(31)51(47,48)42-35-26(2)27(3)50-41-35/h11-12,16-17,19-20,23,29H,7-10,13-15,18,21-22,24-25H2,1-6H3,(H,41,42)/t39-/m0/s1. The van der Waals surface area contributed by atoms with Crippen LogP contribution in [0.15, 0.2) is 56.9 Å². The van der Waals surface area contributed by atoms with Gasteiger partial charge in [0.2, 0.25) is 5.91 Å². The van der Waals surface area contributed by atoms with Crippen LogP contribution >= 0.6 is 0 Å². The highest BCUT2D eigenvalue weighted by molar-refractivity contribution is 7.92. The summed E-state index contributed by atoms with van der Waals surface area (Å²) < 4.78 is 41.8. The molecule has 12 heteroatoms. The van der Waals surface area contributed by atoms with Crippen molar-refractivity contribution in [3.8, 4) is 16.9 Å². The van der Waals surface area contributed by atoms with Gasteiger partial charge in [0.1, 0.15) is 22.9 Å². The predicted molar refractivity (Wildman–Crippen MR) is 197 cm³/mol. The third-order valence-corrected chi connectivity index (χ3v) is 11.6. The van der Waals surface area contributed by atoms with E-state index in [4.69, 9.17) is 14.3 Å². The molecule has 11 nitrogen and oxygen atoms in total. The van der Waals surface area contributed by atoms with E-state index in [1.807, 2.05) is 43.9 Å². The number of sulfonamides is 1. The Balaban J connectivity index is 1.32. The molecule has 1 saturated heterocycles. The van der Waals surface area contributed by atoms with Crippen molar-refractivity contribution in [1.82, 2.24) is 15.0 Å². The number of rotatable bonds is 11. The minimum Gasteiger partial charge on any atom is -0.487 e.